The van der Waals surface area contributed by atoms with E-state index in [9.17, 15) is 17.6 Å². The van der Waals surface area contributed by atoms with Gasteiger partial charge < -0.3 is 5.32 Å². The number of carbonyl (C=O) groups excluding carboxylic acids is 1. The first kappa shape index (κ1) is 21.5. The van der Waals surface area contributed by atoms with E-state index < -0.39 is 21.7 Å². The van der Waals surface area contributed by atoms with Crippen molar-refractivity contribution in [3.63, 3.8) is 0 Å². The molecule has 1 amide bonds. The zero-order valence-electron chi connectivity index (χ0n) is 17.2. The van der Waals surface area contributed by atoms with Crippen LogP contribution in [0.5, 0.6) is 0 Å². The first-order valence-corrected chi connectivity index (χ1v) is 11.2. The number of piperidine rings is 1. The van der Waals surface area contributed by atoms with E-state index >= 15 is 0 Å². The van der Waals surface area contributed by atoms with E-state index in [-0.39, 0.29) is 22.3 Å². The molecule has 1 saturated heterocycles. The molecule has 7 heteroatoms. The van der Waals surface area contributed by atoms with Crippen molar-refractivity contribution in [2.45, 2.75) is 39.0 Å². The third-order valence-electron chi connectivity index (χ3n) is 5.38. The van der Waals surface area contributed by atoms with Gasteiger partial charge in [-0.05, 0) is 61.4 Å². The fourth-order valence-corrected chi connectivity index (χ4v) is 5.69. The molecule has 0 saturated carbocycles. The summed E-state index contributed by atoms with van der Waals surface area (Å²) in [6.07, 6.45) is 0.971. The first-order chi connectivity index (χ1) is 13.6. The predicted octanol–water partition coefficient (Wildman–Crippen LogP) is 4.36. The number of nitrogens with one attached hydrogen (secondary N) is 1. The smallest absolute Gasteiger partial charge is 0.258 e. The standard InChI is InChI=1S/C22H27FN2O3S/c1-14-10-15(2)13-25(12-14)29(27,28)18-8-9-20(23)19(11-18)22(26)24-21-16(3)6-5-7-17(21)4/h5-9,11,14-15H,10,12-13H2,1-4H3,(H,24,26)/t14-,15+. The second-order valence-electron chi connectivity index (χ2n) is 8.13. The van der Waals surface area contributed by atoms with Crippen molar-refractivity contribution < 1.29 is 17.6 Å². The molecule has 0 radical (unpaired) electrons. The summed E-state index contributed by atoms with van der Waals surface area (Å²) in [5.74, 6) is -0.924. The highest BCUT2D eigenvalue weighted by Gasteiger charge is 2.32. The van der Waals surface area contributed by atoms with Gasteiger partial charge in [0.05, 0.1) is 10.5 Å². The normalized spacial score (nSPS) is 20.4. The lowest BCUT2D eigenvalue weighted by Crippen LogP contribution is -2.42. The van der Waals surface area contributed by atoms with Gasteiger partial charge in [-0.15, -0.1) is 0 Å². The van der Waals surface area contributed by atoms with E-state index in [1.165, 1.54) is 10.4 Å². The van der Waals surface area contributed by atoms with Gasteiger partial charge in [-0.1, -0.05) is 32.0 Å². The van der Waals surface area contributed by atoms with Gasteiger partial charge in [-0.2, -0.15) is 4.31 Å². The van der Waals surface area contributed by atoms with E-state index in [0.29, 0.717) is 18.8 Å². The number of amides is 1. The molecule has 0 spiro atoms. The second kappa shape index (κ2) is 8.24. The predicted molar refractivity (Wildman–Crippen MR) is 112 cm³/mol. The molecule has 1 heterocycles. The van der Waals surface area contributed by atoms with Crippen LogP contribution in [0.25, 0.3) is 0 Å². The molecule has 2 atom stereocenters. The zero-order chi connectivity index (χ0) is 21.3. The molecule has 156 valence electrons. The maximum Gasteiger partial charge on any atom is 0.258 e. The molecule has 2 aromatic carbocycles. The number of para-hydroxylation sites is 1. The lowest BCUT2D eigenvalue weighted by Gasteiger charge is -2.34. The Hall–Kier alpha value is -2.25. The Morgan fingerprint density at radius 3 is 2.24 bits per heavy atom. The van der Waals surface area contributed by atoms with Crippen molar-refractivity contribution in [2.75, 3.05) is 18.4 Å². The molecule has 2 aromatic rings. The van der Waals surface area contributed by atoms with E-state index in [4.69, 9.17) is 0 Å². The number of halogens is 1. The lowest BCUT2D eigenvalue weighted by molar-refractivity contribution is 0.102. The average Bonchev–Trinajstić information content (AvgIpc) is 2.64. The SMILES string of the molecule is Cc1cccc(C)c1NC(=O)c1cc(S(=O)(=O)N2C[C@H](C)C[C@H](C)C2)ccc1F. The van der Waals surface area contributed by atoms with Crippen LogP contribution in [0.4, 0.5) is 10.1 Å². The molecule has 3 rings (SSSR count). The van der Waals surface area contributed by atoms with Crippen molar-refractivity contribution in [3.8, 4) is 0 Å². The Morgan fingerprint density at radius 1 is 1.07 bits per heavy atom. The molecule has 0 aliphatic carbocycles. The van der Waals surface area contributed by atoms with Gasteiger partial charge in [0.15, 0.2) is 0 Å². The Labute approximate surface area is 172 Å². The third-order valence-corrected chi connectivity index (χ3v) is 7.20. The largest absolute Gasteiger partial charge is 0.321 e. The second-order valence-corrected chi connectivity index (χ2v) is 10.1. The summed E-state index contributed by atoms with van der Waals surface area (Å²) in [6.45, 7) is 8.58. The molecular weight excluding hydrogens is 391 g/mol. The highest BCUT2D eigenvalue weighted by atomic mass is 32.2. The monoisotopic (exact) mass is 418 g/mol. The number of sulfonamides is 1. The lowest BCUT2D eigenvalue weighted by atomic mass is 9.94. The Kier molecular flexibility index (Phi) is 6.10. The topological polar surface area (TPSA) is 66.5 Å². The number of nitrogens with zero attached hydrogens (tertiary/aromatic N) is 1. The minimum atomic E-state index is -3.80. The summed E-state index contributed by atoms with van der Waals surface area (Å²) in [7, 11) is -3.80. The van der Waals surface area contributed by atoms with E-state index in [1.54, 1.807) is 0 Å². The van der Waals surface area contributed by atoms with E-state index in [0.717, 1.165) is 29.7 Å². The van der Waals surface area contributed by atoms with Crippen LogP contribution in [0, 0.1) is 31.5 Å². The van der Waals surface area contributed by atoms with Gasteiger partial charge in [0.25, 0.3) is 5.91 Å². The van der Waals surface area contributed by atoms with Crippen LogP contribution in [0.3, 0.4) is 0 Å². The van der Waals surface area contributed by atoms with E-state index in [2.05, 4.69) is 5.32 Å². The molecule has 0 unspecified atom stereocenters. The van der Waals surface area contributed by atoms with Crippen molar-refractivity contribution in [1.82, 2.24) is 4.31 Å². The number of hydrogen-bond donors (Lipinski definition) is 1. The molecule has 0 bridgehead atoms. The van der Waals surface area contributed by atoms with Gasteiger partial charge in [0.2, 0.25) is 10.0 Å². The summed E-state index contributed by atoms with van der Waals surface area (Å²) >= 11 is 0. The van der Waals surface area contributed by atoms with Gasteiger partial charge in [0, 0.05) is 18.8 Å². The average molecular weight is 419 g/mol. The number of carbonyl (C=O) groups is 1. The van der Waals surface area contributed by atoms with Gasteiger partial charge in [-0.25, -0.2) is 12.8 Å². The number of rotatable bonds is 4. The molecule has 1 aliphatic rings. The van der Waals surface area contributed by atoms with Crippen LogP contribution < -0.4 is 5.32 Å². The number of benzene rings is 2. The summed E-state index contributed by atoms with van der Waals surface area (Å²) in [5.41, 5.74) is 2.01. The zero-order valence-corrected chi connectivity index (χ0v) is 18.0. The molecular formula is C22H27FN2O3S. The Bertz CT molecular complexity index is 1010. The number of hydrogen-bond acceptors (Lipinski definition) is 3. The van der Waals surface area contributed by atoms with Crippen LogP contribution in [0.1, 0.15) is 41.8 Å². The highest BCUT2D eigenvalue weighted by molar-refractivity contribution is 7.89. The van der Waals surface area contributed by atoms with Gasteiger partial charge in [0.1, 0.15) is 5.82 Å². The minimum absolute atomic E-state index is 0.0631. The van der Waals surface area contributed by atoms with Crippen LogP contribution >= 0.6 is 0 Å². The van der Waals surface area contributed by atoms with Gasteiger partial charge >= 0.3 is 0 Å². The summed E-state index contributed by atoms with van der Waals surface area (Å²) in [4.78, 5) is 12.7. The maximum absolute atomic E-state index is 14.4. The molecule has 1 aliphatic heterocycles. The summed E-state index contributed by atoms with van der Waals surface area (Å²) in [5, 5.41) is 2.72. The number of aryl methyl sites for hydroxylation is 2. The van der Waals surface area contributed by atoms with Crippen LogP contribution in [0.15, 0.2) is 41.3 Å². The van der Waals surface area contributed by atoms with Crippen molar-refractivity contribution in [2.24, 2.45) is 11.8 Å². The highest BCUT2D eigenvalue weighted by Crippen LogP contribution is 2.28. The van der Waals surface area contributed by atoms with Crippen LogP contribution in [-0.4, -0.2) is 31.7 Å². The summed E-state index contributed by atoms with van der Waals surface area (Å²) < 4.78 is 42.1. The fourth-order valence-electron chi connectivity index (χ4n) is 3.98. The van der Waals surface area contributed by atoms with Crippen molar-refractivity contribution >= 4 is 21.6 Å². The third kappa shape index (κ3) is 4.51. The van der Waals surface area contributed by atoms with Crippen LogP contribution in [0.2, 0.25) is 0 Å². The van der Waals surface area contributed by atoms with E-state index in [1.807, 2.05) is 45.9 Å². The molecule has 0 aromatic heterocycles. The Balaban J connectivity index is 1.92. The maximum atomic E-state index is 14.4. The summed E-state index contributed by atoms with van der Waals surface area (Å²) in [6, 6.07) is 8.97. The molecule has 1 N–H and O–H groups in total. The quantitative estimate of drug-likeness (QED) is 0.802. The van der Waals surface area contributed by atoms with Gasteiger partial charge in [-0.3, -0.25) is 4.79 Å². The molecule has 29 heavy (non-hydrogen) atoms. The Morgan fingerprint density at radius 2 is 1.66 bits per heavy atom. The molecule has 1 fully saturated rings. The van der Waals surface area contributed by atoms with Crippen LogP contribution in [-0.2, 0) is 10.0 Å². The first-order valence-electron chi connectivity index (χ1n) is 9.77. The minimum Gasteiger partial charge on any atom is -0.321 e. The molecule has 5 nitrogen and oxygen atoms in total. The van der Waals surface area contributed by atoms with Crippen molar-refractivity contribution in [3.05, 3.63) is 58.9 Å². The fraction of sp³-hybridized carbons (Fsp3) is 0.409. The van der Waals surface area contributed by atoms with Crippen molar-refractivity contribution in [1.29, 1.82) is 0 Å². The number of anilines is 1.